The molecule has 1 N–H and O–H groups in total. The van der Waals surface area contributed by atoms with E-state index in [-0.39, 0.29) is 29.4 Å². The average Bonchev–Trinajstić information content (AvgIpc) is 2.35. The van der Waals surface area contributed by atoms with E-state index < -0.39 is 5.63 Å². The van der Waals surface area contributed by atoms with Crippen LogP contribution < -0.4 is 5.63 Å². The quantitative estimate of drug-likeness (QED) is 0.789. The Bertz CT molecular complexity index is 530. The lowest BCUT2D eigenvalue weighted by molar-refractivity contribution is 0.0954. The van der Waals surface area contributed by atoms with Crippen molar-refractivity contribution in [3.05, 3.63) is 27.8 Å². The monoisotopic (exact) mass is 278 g/mol. The number of rotatable bonds is 0. The van der Waals surface area contributed by atoms with E-state index in [2.05, 4.69) is 0 Å². The molecule has 2 heterocycles. The lowest BCUT2D eigenvalue weighted by Crippen LogP contribution is -2.17. The predicted octanol–water partition coefficient (Wildman–Crippen LogP) is 3.45. The van der Waals surface area contributed by atoms with E-state index in [1.807, 2.05) is 6.92 Å². The van der Waals surface area contributed by atoms with E-state index >= 15 is 0 Å². The van der Waals surface area contributed by atoms with Gasteiger partial charge in [0.2, 0.25) is 0 Å². The molecule has 4 heteroatoms. The van der Waals surface area contributed by atoms with Gasteiger partial charge >= 0.3 is 5.63 Å². The van der Waals surface area contributed by atoms with Crippen molar-refractivity contribution in [1.29, 1.82) is 0 Å². The molecule has 0 aromatic carbocycles. The second-order valence-electron chi connectivity index (χ2n) is 5.80. The minimum absolute atomic E-state index is 0.183. The highest BCUT2D eigenvalue weighted by Crippen LogP contribution is 2.23. The summed E-state index contributed by atoms with van der Waals surface area (Å²) in [6.45, 7) is 2.01. The molecular formula is C16H22O4. The van der Waals surface area contributed by atoms with E-state index in [1.165, 1.54) is 12.5 Å². The number of fused-ring (bicyclic) bond motifs is 11. The Morgan fingerprint density at radius 3 is 2.60 bits per heavy atom. The molecule has 1 aliphatic carbocycles. The fourth-order valence-corrected chi connectivity index (χ4v) is 2.75. The van der Waals surface area contributed by atoms with Gasteiger partial charge in [-0.1, -0.05) is 39.0 Å². The van der Waals surface area contributed by atoms with Gasteiger partial charge in [0.15, 0.2) is 5.78 Å². The molecule has 1 atom stereocenters. The third-order valence-corrected chi connectivity index (χ3v) is 3.91. The van der Waals surface area contributed by atoms with Crippen LogP contribution in [0.5, 0.6) is 5.75 Å². The smallest absolute Gasteiger partial charge is 0.350 e. The molecule has 1 aromatic heterocycles. The number of hydrogen-bond acceptors (Lipinski definition) is 4. The lowest BCUT2D eigenvalue weighted by Gasteiger charge is -2.12. The van der Waals surface area contributed by atoms with Crippen molar-refractivity contribution < 1.29 is 14.3 Å². The van der Waals surface area contributed by atoms with Crippen molar-refractivity contribution in [3.8, 4) is 5.75 Å². The molecule has 110 valence electrons. The highest BCUT2D eigenvalue weighted by Gasteiger charge is 2.21. The van der Waals surface area contributed by atoms with Gasteiger partial charge in [0, 0.05) is 18.9 Å². The molecule has 0 amide bonds. The Labute approximate surface area is 118 Å². The molecule has 1 aliphatic heterocycles. The highest BCUT2D eigenvalue weighted by molar-refractivity contribution is 5.98. The van der Waals surface area contributed by atoms with Crippen molar-refractivity contribution in [2.45, 2.75) is 58.3 Å². The normalized spacial score (nSPS) is 21.6. The molecule has 3 rings (SSSR count). The van der Waals surface area contributed by atoms with E-state index in [0.717, 1.165) is 32.1 Å². The topological polar surface area (TPSA) is 67.5 Å². The van der Waals surface area contributed by atoms with Gasteiger partial charge in [-0.05, 0) is 12.3 Å². The average molecular weight is 278 g/mol. The SMILES string of the molecule is C[C@@H]1CCCCCCCc2cc(O)c(c(=O)o2)C(=O)C1. The maximum atomic E-state index is 12.1. The summed E-state index contributed by atoms with van der Waals surface area (Å²) in [5.74, 6) is 0.149. The maximum absolute atomic E-state index is 12.1. The molecule has 0 unspecified atom stereocenters. The van der Waals surface area contributed by atoms with Crippen LogP contribution in [0.25, 0.3) is 0 Å². The van der Waals surface area contributed by atoms with E-state index in [1.54, 1.807) is 0 Å². The third-order valence-electron chi connectivity index (χ3n) is 3.91. The minimum atomic E-state index is -0.700. The molecule has 2 bridgehead atoms. The Kier molecular flexibility index (Phi) is 4.99. The molecular weight excluding hydrogens is 256 g/mol. The maximum Gasteiger partial charge on any atom is 0.350 e. The third kappa shape index (κ3) is 3.71. The molecule has 1 aromatic rings. The Hall–Kier alpha value is -1.58. The predicted molar refractivity (Wildman–Crippen MR) is 76.2 cm³/mol. The largest absolute Gasteiger partial charge is 0.507 e. The summed E-state index contributed by atoms with van der Waals surface area (Å²) in [6.07, 6.45) is 7.40. The molecule has 0 fully saturated rings. The Morgan fingerprint density at radius 1 is 1.15 bits per heavy atom. The van der Waals surface area contributed by atoms with E-state index in [9.17, 15) is 14.7 Å². The Balaban J connectivity index is 2.29. The number of aromatic hydroxyl groups is 1. The number of ketones is 1. The van der Waals surface area contributed by atoms with Crippen LogP contribution in [0.4, 0.5) is 0 Å². The summed E-state index contributed by atoms with van der Waals surface area (Å²) in [5, 5.41) is 9.92. The second-order valence-corrected chi connectivity index (χ2v) is 5.80. The Morgan fingerprint density at radius 2 is 1.85 bits per heavy atom. The van der Waals surface area contributed by atoms with E-state index in [0.29, 0.717) is 12.2 Å². The van der Waals surface area contributed by atoms with Gasteiger partial charge in [-0.15, -0.1) is 0 Å². The van der Waals surface area contributed by atoms with Gasteiger partial charge in [0.1, 0.15) is 17.1 Å². The fraction of sp³-hybridized carbons (Fsp3) is 0.625. The number of carbonyl (C=O) groups excluding carboxylic acids is 1. The van der Waals surface area contributed by atoms with Gasteiger partial charge < -0.3 is 9.52 Å². The molecule has 2 aliphatic rings. The number of aryl methyl sites for hydroxylation is 1. The summed E-state index contributed by atoms with van der Waals surface area (Å²) >= 11 is 0. The second kappa shape index (κ2) is 6.73. The molecule has 0 spiro atoms. The summed E-state index contributed by atoms with van der Waals surface area (Å²) in [6, 6.07) is 1.42. The summed E-state index contributed by atoms with van der Waals surface area (Å²) in [5.41, 5.74) is -0.882. The first-order valence-electron chi connectivity index (χ1n) is 7.47. The zero-order valence-electron chi connectivity index (χ0n) is 12.0. The molecule has 0 saturated carbocycles. The van der Waals surface area contributed by atoms with Crippen LogP contribution in [-0.4, -0.2) is 10.9 Å². The van der Waals surface area contributed by atoms with Crippen molar-refractivity contribution in [3.63, 3.8) is 0 Å². The minimum Gasteiger partial charge on any atom is -0.507 e. The molecule has 0 saturated heterocycles. The van der Waals surface area contributed by atoms with Crippen LogP contribution in [0.1, 0.15) is 68.0 Å². The summed E-state index contributed by atoms with van der Waals surface area (Å²) in [4.78, 5) is 24.0. The van der Waals surface area contributed by atoms with Gasteiger partial charge in [-0.3, -0.25) is 4.79 Å². The van der Waals surface area contributed by atoms with Crippen LogP contribution in [0.2, 0.25) is 0 Å². The van der Waals surface area contributed by atoms with E-state index in [4.69, 9.17) is 4.42 Å². The van der Waals surface area contributed by atoms with Crippen molar-refractivity contribution in [1.82, 2.24) is 0 Å². The first kappa shape index (κ1) is 14.8. The van der Waals surface area contributed by atoms with Crippen molar-refractivity contribution in [2.24, 2.45) is 5.92 Å². The zero-order chi connectivity index (χ0) is 14.5. The van der Waals surface area contributed by atoms with Gasteiger partial charge in [0.05, 0.1) is 0 Å². The number of carbonyl (C=O) groups is 1. The van der Waals surface area contributed by atoms with Crippen molar-refractivity contribution >= 4 is 5.78 Å². The molecule has 20 heavy (non-hydrogen) atoms. The standard InChI is InChI=1S/C16H22O4/c1-11-7-5-3-2-4-6-8-12-10-14(18)15(13(17)9-11)16(19)20-12/h10-11,18H,2-9H2,1H3/t11-/m1/s1. The van der Waals surface area contributed by atoms with Crippen molar-refractivity contribution in [2.75, 3.05) is 0 Å². The van der Waals surface area contributed by atoms with Crippen LogP contribution in [-0.2, 0) is 6.42 Å². The highest BCUT2D eigenvalue weighted by atomic mass is 16.4. The zero-order valence-corrected chi connectivity index (χ0v) is 12.0. The number of hydrogen-bond donors (Lipinski definition) is 1. The fourth-order valence-electron chi connectivity index (χ4n) is 2.75. The lowest BCUT2D eigenvalue weighted by atomic mass is 9.94. The van der Waals surface area contributed by atoms with Crippen LogP contribution in [0.15, 0.2) is 15.3 Å². The summed E-state index contributed by atoms with van der Waals surface area (Å²) in [7, 11) is 0. The van der Waals surface area contributed by atoms with Gasteiger partial charge in [0.25, 0.3) is 0 Å². The van der Waals surface area contributed by atoms with Crippen LogP contribution in [0.3, 0.4) is 0 Å². The summed E-state index contributed by atoms with van der Waals surface area (Å²) < 4.78 is 5.15. The number of Topliss-reactive ketones (excluding diaryl/α,β-unsaturated/α-hetero) is 1. The van der Waals surface area contributed by atoms with Gasteiger partial charge in [-0.25, -0.2) is 4.79 Å². The first-order chi connectivity index (χ1) is 9.58. The van der Waals surface area contributed by atoms with Gasteiger partial charge in [-0.2, -0.15) is 0 Å². The van der Waals surface area contributed by atoms with Crippen LogP contribution >= 0.6 is 0 Å². The van der Waals surface area contributed by atoms with Crippen LogP contribution in [0, 0.1) is 5.92 Å². The molecule has 0 radical (unpaired) electrons. The first-order valence-corrected chi connectivity index (χ1v) is 7.47. The molecule has 4 nitrogen and oxygen atoms in total.